The minimum atomic E-state index is -1.12. The summed E-state index contributed by atoms with van der Waals surface area (Å²) in [7, 11) is 0. The van der Waals surface area contributed by atoms with Gasteiger partial charge in [-0.1, -0.05) is 18.2 Å². The van der Waals surface area contributed by atoms with Gasteiger partial charge in [-0.2, -0.15) is 0 Å². The summed E-state index contributed by atoms with van der Waals surface area (Å²) in [5.41, 5.74) is 0.119. The number of hydrogen-bond acceptors (Lipinski definition) is 3. The number of likely N-dealkylation sites (tertiary alicyclic amines) is 1. The van der Waals surface area contributed by atoms with E-state index < -0.39 is 29.7 Å². The smallest absolute Gasteiger partial charge is 0.325 e. The second kappa shape index (κ2) is 6.00. The van der Waals surface area contributed by atoms with Crippen molar-refractivity contribution in [3.63, 3.8) is 0 Å². The van der Waals surface area contributed by atoms with Gasteiger partial charge in [0.05, 0.1) is 5.92 Å². The van der Waals surface area contributed by atoms with Crippen LogP contribution in [-0.4, -0.2) is 40.1 Å². The molecule has 0 bridgehead atoms. The molecule has 1 aliphatic rings. The first-order valence-electron chi connectivity index (χ1n) is 6.44. The molecule has 0 amide bonds. The van der Waals surface area contributed by atoms with Gasteiger partial charge in [0.15, 0.2) is 0 Å². The lowest BCUT2D eigenvalue weighted by atomic mass is 9.94. The topological polar surface area (TPSA) is 77.8 Å². The average molecular weight is 281 g/mol. The number of benzene rings is 1. The molecule has 1 saturated heterocycles. The number of hydrogen-bond donors (Lipinski definition) is 2. The summed E-state index contributed by atoms with van der Waals surface area (Å²) >= 11 is 0. The Morgan fingerprint density at radius 1 is 1.20 bits per heavy atom. The molecule has 0 radical (unpaired) electrons. The molecule has 20 heavy (non-hydrogen) atoms. The Morgan fingerprint density at radius 2 is 1.80 bits per heavy atom. The van der Waals surface area contributed by atoms with E-state index in [9.17, 15) is 19.1 Å². The van der Waals surface area contributed by atoms with Crippen LogP contribution in [0.4, 0.5) is 4.39 Å². The van der Waals surface area contributed by atoms with Crippen molar-refractivity contribution in [3.8, 4) is 0 Å². The first kappa shape index (κ1) is 14.5. The Balaban J connectivity index is 2.18. The summed E-state index contributed by atoms with van der Waals surface area (Å²) < 4.78 is 13.8. The molecule has 0 saturated carbocycles. The van der Waals surface area contributed by atoms with Crippen molar-refractivity contribution in [3.05, 3.63) is 35.6 Å². The van der Waals surface area contributed by atoms with Crippen molar-refractivity contribution in [2.45, 2.75) is 18.9 Å². The van der Waals surface area contributed by atoms with E-state index in [4.69, 9.17) is 5.11 Å². The number of carboxylic acids is 2. The van der Waals surface area contributed by atoms with E-state index in [2.05, 4.69) is 0 Å². The molecule has 1 aromatic carbocycles. The minimum absolute atomic E-state index is 0.119. The third-order valence-corrected chi connectivity index (χ3v) is 3.68. The van der Waals surface area contributed by atoms with Crippen LogP contribution in [0.1, 0.15) is 24.4 Å². The fourth-order valence-corrected chi connectivity index (χ4v) is 2.59. The predicted molar refractivity (Wildman–Crippen MR) is 68.7 cm³/mol. The number of nitrogens with zero attached hydrogens (tertiary/aromatic N) is 1. The molecule has 5 nitrogen and oxygen atoms in total. The summed E-state index contributed by atoms with van der Waals surface area (Å²) in [5.74, 6) is -2.98. The summed E-state index contributed by atoms with van der Waals surface area (Å²) in [6, 6.07) is 4.73. The normalized spacial score (nSPS) is 18.6. The molecular formula is C14H16FNO4. The number of halogens is 1. The standard InChI is InChI=1S/C14H16FNO4/c15-11-4-2-1-3-10(11)12(14(19)20)16-7-5-9(6-8-16)13(17)18/h1-4,9,12H,5-8H2,(H,17,18)(H,19,20). The van der Waals surface area contributed by atoms with Crippen molar-refractivity contribution < 1.29 is 24.2 Å². The molecule has 0 spiro atoms. The quantitative estimate of drug-likeness (QED) is 0.879. The van der Waals surface area contributed by atoms with Crippen LogP contribution < -0.4 is 0 Å². The zero-order valence-corrected chi connectivity index (χ0v) is 10.8. The molecular weight excluding hydrogens is 265 g/mol. The molecule has 6 heteroatoms. The van der Waals surface area contributed by atoms with Crippen LogP contribution in [0, 0.1) is 11.7 Å². The molecule has 1 unspecified atom stereocenters. The van der Waals surface area contributed by atoms with Crippen LogP contribution in [0.5, 0.6) is 0 Å². The maximum Gasteiger partial charge on any atom is 0.325 e. The lowest BCUT2D eigenvalue weighted by molar-refractivity contribution is -0.146. The summed E-state index contributed by atoms with van der Waals surface area (Å²) in [6.07, 6.45) is 0.765. The van der Waals surface area contributed by atoms with E-state index in [-0.39, 0.29) is 5.56 Å². The Morgan fingerprint density at radius 3 is 2.30 bits per heavy atom. The van der Waals surface area contributed by atoms with Gasteiger partial charge in [0.1, 0.15) is 11.9 Å². The van der Waals surface area contributed by atoms with Crippen molar-refractivity contribution in [1.82, 2.24) is 4.90 Å². The molecule has 108 valence electrons. The van der Waals surface area contributed by atoms with Gasteiger partial charge in [0.2, 0.25) is 0 Å². The second-order valence-electron chi connectivity index (χ2n) is 4.91. The maximum atomic E-state index is 13.8. The molecule has 1 aromatic rings. The van der Waals surface area contributed by atoms with Gasteiger partial charge < -0.3 is 10.2 Å². The van der Waals surface area contributed by atoms with Crippen molar-refractivity contribution >= 4 is 11.9 Å². The Bertz CT molecular complexity index is 512. The fraction of sp³-hybridized carbons (Fsp3) is 0.429. The highest BCUT2D eigenvalue weighted by molar-refractivity contribution is 5.76. The molecule has 2 N–H and O–H groups in total. The maximum absolute atomic E-state index is 13.8. The third-order valence-electron chi connectivity index (χ3n) is 3.68. The van der Waals surface area contributed by atoms with Crippen LogP contribution in [0.3, 0.4) is 0 Å². The Kier molecular flexibility index (Phi) is 4.34. The Hall–Kier alpha value is -1.95. The van der Waals surface area contributed by atoms with Crippen molar-refractivity contribution in [2.75, 3.05) is 13.1 Å². The number of rotatable bonds is 4. The van der Waals surface area contributed by atoms with Crippen LogP contribution >= 0.6 is 0 Å². The molecule has 0 aliphatic carbocycles. The van der Waals surface area contributed by atoms with Gasteiger partial charge in [-0.05, 0) is 18.9 Å². The van der Waals surface area contributed by atoms with Crippen molar-refractivity contribution in [2.24, 2.45) is 5.92 Å². The lowest BCUT2D eigenvalue weighted by Crippen LogP contribution is -2.41. The lowest BCUT2D eigenvalue weighted by Gasteiger charge is -2.34. The summed E-state index contributed by atoms with van der Waals surface area (Å²) in [5, 5.41) is 18.3. The molecule has 1 fully saturated rings. The van der Waals surface area contributed by atoms with Crippen LogP contribution in [0.2, 0.25) is 0 Å². The molecule has 1 atom stereocenters. The van der Waals surface area contributed by atoms with E-state index >= 15 is 0 Å². The number of piperidine rings is 1. The number of carbonyl (C=O) groups is 2. The number of carboxylic acid groups (broad SMARTS) is 2. The zero-order chi connectivity index (χ0) is 14.7. The highest BCUT2D eigenvalue weighted by atomic mass is 19.1. The second-order valence-corrected chi connectivity index (χ2v) is 4.91. The van der Waals surface area contributed by atoms with Gasteiger partial charge in [0.25, 0.3) is 0 Å². The van der Waals surface area contributed by atoms with E-state index in [1.54, 1.807) is 11.0 Å². The number of aliphatic carboxylic acids is 2. The summed E-state index contributed by atoms with van der Waals surface area (Å²) in [6.45, 7) is 0.671. The van der Waals surface area contributed by atoms with E-state index in [1.165, 1.54) is 18.2 Å². The minimum Gasteiger partial charge on any atom is -0.481 e. The van der Waals surface area contributed by atoms with E-state index in [1.807, 2.05) is 0 Å². The summed E-state index contributed by atoms with van der Waals surface area (Å²) in [4.78, 5) is 24.0. The van der Waals surface area contributed by atoms with Gasteiger partial charge in [-0.15, -0.1) is 0 Å². The zero-order valence-electron chi connectivity index (χ0n) is 10.8. The molecule has 1 heterocycles. The average Bonchev–Trinajstić information content (AvgIpc) is 2.41. The van der Waals surface area contributed by atoms with Gasteiger partial charge >= 0.3 is 11.9 Å². The fourth-order valence-electron chi connectivity index (χ4n) is 2.59. The first-order valence-corrected chi connectivity index (χ1v) is 6.44. The largest absolute Gasteiger partial charge is 0.481 e. The van der Waals surface area contributed by atoms with E-state index in [0.29, 0.717) is 25.9 Å². The first-order chi connectivity index (χ1) is 9.50. The molecule has 1 aliphatic heterocycles. The predicted octanol–water partition coefficient (Wildman–Crippen LogP) is 1.75. The van der Waals surface area contributed by atoms with Crippen LogP contribution in [0.25, 0.3) is 0 Å². The van der Waals surface area contributed by atoms with Gasteiger partial charge in [-0.25, -0.2) is 4.39 Å². The third kappa shape index (κ3) is 2.96. The highest BCUT2D eigenvalue weighted by Crippen LogP contribution is 2.28. The molecule has 0 aromatic heterocycles. The van der Waals surface area contributed by atoms with Crippen LogP contribution in [0.15, 0.2) is 24.3 Å². The highest BCUT2D eigenvalue weighted by Gasteiger charge is 2.34. The monoisotopic (exact) mass is 281 g/mol. The van der Waals surface area contributed by atoms with Gasteiger partial charge in [0, 0.05) is 18.7 Å². The van der Waals surface area contributed by atoms with E-state index in [0.717, 1.165) is 0 Å². The van der Waals surface area contributed by atoms with Crippen molar-refractivity contribution in [1.29, 1.82) is 0 Å². The Labute approximate surface area is 115 Å². The molecule has 2 rings (SSSR count). The van der Waals surface area contributed by atoms with Crippen LogP contribution in [-0.2, 0) is 9.59 Å². The SMILES string of the molecule is O=C(O)C1CCN(C(C(=O)O)c2ccccc2F)CC1. The van der Waals surface area contributed by atoms with Gasteiger partial charge in [-0.3, -0.25) is 14.5 Å².